The summed E-state index contributed by atoms with van der Waals surface area (Å²) in [6.45, 7) is 14.6. The van der Waals surface area contributed by atoms with Crippen LogP contribution in [0.2, 0.25) is 0 Å². The fourth-order valence-electron chi connectivity index (χ4n) is 1.41. The number of rotatable bonds is 4. The van der Waals surface area contributed by atoms with Crippen molar-refractivity contribution in [2.75, 3.05) is 0 Å². The minimum atomic E-state index is 0.800. The number of aromatic nitrogens is 3. The van der Waals surface area contributed by atoms with Crippen molar-refractivity contribution in [3.63, 3.8) is 0 Å². The highest BCUT2D eigenvalue weighted by atomic mass is 15.4. The average molecular weight is 241 g/mol. The number of hydrogen-bond donors (Lipinski definition) is 0. The molecule has 0 aliphatic carbocycles. The molecule has 0 amide bonds. The van der Waals surface area contributed by atoms with Gasteiger partial charge in [-0.1, -0.05) is 53.2 Å². The molecule has 0 fully saturated rings. The minimum absolute atomic E-state index is 0.800. The van der Waals surface area contributed by atoms with Crippen LogP contribution >= 0.6 is 0 Å². The molecule has 0 saturated carbocycles. The molecule has 0 radical (unpaired) electrons. The van der Waals surface area contributed by atoms with E-state index < -0.39 is 0 Å². The highest BCUT2D eigenvalue weighted by Gasteiger charge is 2.07. The largest absolute Gasteiger partial charge is 0.252 e. The van der Waals surface area contributed by atoms with Crippen LogP contribution in [0.4, 0.5) is 0 Å². The van der Waals surface area contributed by atoms with Crippen LogP contribution in [0.1, 0.15) is 65.8 Å². The number of hydrogen-bond acceptors (Lipinski definition) is 2. The van der Waals surface area contributed by atoms with Gasteiger partial charge in [0.15, 0.2) is 0 Å². The molecule has 0 aliphatic heterocycles. The number of aryl methyl sites for hydroxylation is 2. The molecule has 1 rings (SSSR count). The van der Waals surface area contributed by atoms with E-state index in [9.17, 15) is 0 Å². The SMILES string of the molecule is CC.CC.CCC(C)CCc1c(C)nnn1C. The molecule has 102 valence electrons. The van der Waals surface area contributed by atoms with Crippen LogP contribution in [0.3, 0.4) is 0 Å². The Hall–Kier alpha value is -0.860. The lowest BCUT2D eigenvalue weighted by Crippen LogP contribution is -2.02. The third-order valence-electron chi connectivity index (χ3n) is 2.71. The normalized spacial score (nSPS) is 10.8. The first-order valence-electron chi connectivity index (χ1n) is 7.00. The number of nitrogens with zero attached hydrogens (tertiary/aromatic N) is 3. The molecule has 3 heteroatoms. The zero-order chi connectivity index (χ0) is 13.8. The predicted molar refractivity (Wildman–Crippen MR) is 76.2 cm³/mol. The van der Waals surface area contributed by atoms with Crippen molar-refractivity contribution in [3.8, 4) is 0 Å². The van der Waals surface area contributed by atoms with Crippen LogP contribution < -0.4 is 0 Å². The van der Waals surface area contributed by atoms with Gasteiger partial charge in [0.1, 0.15) is 0 Å². The molecule has 0 bridgehead atoms. The molecular weight excluding hydrogens is 210 g/mol. The van der Waals surface area contributed by atoms with Crippen LogP contribution in [-0.4, -0.2) is 15.0 Å². The van der Waals surface area contributed by atoms with Crippen LogP contribution in [0.25, 0.3) is 0 Å². The minimum Gasteiger partial charge on any atom is -0.252 e. The first-order chi connectivity index (χ1) is 8.15. The summed E-state index contributed by atoms with van der Waals surface area (Å²) >= 11 is 0. The van der Waals surface area contributed by atoms with E-state index in [1.165, 1.54) is 18.5 Å². The Kier molecular flexibility index (Phi) is 12.6. The molecule has 1 heterocycles. The fourth-order valence-corrected chi connectivity index (χ4v) is 1.41. The topological polar surface area (TPSA) is 30.7 Å². The van der Waals surface area contributed by atoms with Crippen molar-refractivity contribution in [2.45, 2.75) is 67.7 Å². The molecule has 17 heavy (non-hydrogen) atoms. The summed E-state index contributed by atoms with van der Waals surface area (Å²) in [6.07, 6.45) is 3.59. The Morgan fingerprint density at radius 1 is 1.18 bits per heavy atom. The molecule has 3 nitrogen and oxygen atoms in total. The smallest absolute Gasteiger partial charge is 0.0828 e. The van der Waals surface area contributed by atoms with E-state index in [1.807, 2.05) is 46.3 Å². The third-order valence-corrected chi connectivity index (χ3v) is 2.71. The highest BCUT2D eigenvalue weighted by molar-refractivity contribution is 5.07. The maximum atomic E-state index is 4.03. The van der Waals surface area contributed by atoms with Crippen LogP contribution in [0.15, 0.2) is 0 Å². The summed E-state index contributed by atoms with van der Waals surface area (Å²) in [4.78, 5) is 0. The zero-order valence-corrected chi connectivity index (χ0v) is 13.0. The van der Waals surface area contributed by atoms with Gasteiger partial charge in [0.25, 0.3) is 0 Å². The monoisotopic (exact) mass is 241 g/mol. The summed E-state index contributed by atoms with van der Waals surface area (Å²) in [5.41, 5.74) is 2.35. The summed E-state index contributed by atoms with van der Waals surface area (Å²) < 4.78 is 1.89. The third kappa shape index (κ3) is 7.14. The van der Waals surface area contributed by atoms with Crippen molar-refractivity contribution in [1.29, 1.82) is 0 Å². The van der Waals surface area contributed by atoms with Gasteiger partial charge in [0, 0.05) is 7.05 Å². The average Bonchev–Trinajstić information content (AvgIpc) is 2.71. The van der Waals surface area contributed by atoms with Crippen molar-refractivity contribution < 1.29 is 0 Å². The maximum absolute atomic E-state index is 4.03. The summed E-state index contributed by atoms with van der Waals surface area (Å²) in [5.74, 6) is 0.800. The first kappa shape index (κ1) is 18.5. The summed E-state index contributed by atoms with van der Waals surface area (Å²) in [5, 5.41) is 8.02. The molecule has 0 aliphatic rings. The van der Waals surface area contributed by atoms with Gasteiger partial charge < -0.3 is 0 Å². The van der Waals surface area contributed by atoms with Crippen molar-refractivity contribution in [1.82, 2.24) is 15.0 Å². The van der Waals surface area contributed by atoms with E-state index in [1.54, 1.807) is 0 Å². The molecular formula is C14H31N3. The van der Waals surface area contributed by atoms with E-state index in [0.717, 1.165) is 18.0 Å². The van der Waals surface area contributed by atoms with E-state index in [0.29, 0.717) is 0 Å². The van der Waals surface area contributed by atoms with E-state index >= 15 is 0 Å². The van der Waals surface area contributed by atoms with E-state index in [-0.39, 0.29) is 0 Å². The van der Waals surface area contributed by atoms with Crippen molar-refractivity contribution in [3.05, 3.63) is 11.4 Å². The maximum Gasteiger partial charge on any atom is 0.0828 e. The lowest BCUT2D eigenvalue weighted by atomic mass is 10.0. The first-order valence-corrected chi connectivity index (χ1v) is 7.00. The van der Waals surface area contributed by atoms with Crippen LogP contribution in [0.5, 0.6) is 0 Å². The van der Waals surface area contributed by atoms with Gasteiger partial charge in [-0.3, -0.25) is 4.68 Å². The lowest BCUT2D eigenvalue weighted by Gasteiger charge is -2.07. The molecule has 1 aromatic rings. The van der Waals surface area contributed by atoms with Crippen molar-refractivity contribution in [2.24, 2.45) is 13.0 Å². The van der Waals surface area contributed by atoms with Gasteiger partial charge in [0.2, 0.25) is 0 Å². The van der Waals surface area contributed by atoms with E-state index in [2.05, 4.69) is 24.2 Å². The Morgan fingerprint density at radius 2 is 1.71 bits per heavy atom. The molecule has 0 N–H and O–H groups in total. The van der Waals surface area contributed by atoms with Crippen LogP contribution in [0, 0.1) is 12.8 Å². The van der Waals surface area contributed by atoms with Gasteiger partial charge in [-0.15, -0.1) is 5.10 Å². The quantitative estimate of drug-likeness (QED) is 0.792. The Morgan fingerprint density at radius 3 is 2.06 bits per heavy atom. The van der Waals surface area contributed by atoms with Gasteiger partial charge in [-0.05, 0) is 25.7 Å². The van der Waals surface area contributed by atoms with Gasteiger partial charge in [0.05, 0.1) is 11.4 Å². The Bertz CT molecular complexity index is 247. The lowest BCUT2D eigenvalue weighted by molar-refractivity contribution is 0.504. The molecule has 0 aromatic carbocycles. The fraction of sp³-hybridized carbons (Fsp3) is 0.857. The highest BCUT2D eigenvalue weighted by Crippen LogP contribution is 2.12. The molecule has 0 spiro atoms. The Balaban J connectivity index is 0. The van der Waals surface area contributed by atoms with Crippen molar-refractivity contribution >= 4 is 0 Å². The van der Waals surface area contributed by atoms with Gasteiger partial charge in [-0.25, -0.2) is 0 Å². The summed E-state index contributed by atoms with van der Waals surface area (Å²) in [7, 11) is 1.96. The second-order valence-electron chi connectivity index (χ2n) is 3.80. The second kappa shape index (κ2) is 11.6. The zero-order valence-electron chi connectivity index (χ0n) is 13.0. The summed E-state index contributed by atoms with van der Waals surface area (Å²) in [6, 6.07) is 0. The van der Waals surface area contributed by atoms with Crippen LogP contribution in [-0.2, 0) is 13.5 Å². The van der Waals surface area contributed by atoms with Gasteiger partial charge in [-0.2, -0.15) is 0 Å². The molecule has 1 atom stereocenters. The second-order valence-corrected chi connectivity index (χ2v) is 3.80. The predicted octanol–water partition coefficient (Wildman–Crippen LogP) is 4.15. The Labute approximate surface area is 108 Å². The standard InChI is InChI=1S/C10H19N3.2C2H6/c1-5-8(2)6-7-10-9(3)11-12-13(10)4;2*1-2/h8H,5-7H2,1-4H3;2*1-2H3. The molecule has 1 aromatic heterocycles. The molecule has 0 saturated heterocycles. The molecule has 1 unspecified atom stereocenters. The van der Waals surface area contributed by atoms with Gasteiger partial charge >= 0.3 is 0 Å². The van der Waals surface area contributed by atoms with E-state index in [4.69, 9.17) is 0 Å².